The van der Waals surface area contributed by atoms with Gasteiger partial charge in [-0.05, 0) is 18.2 Å². The second-order valence-corrected chi connectivity index (χ2v) is 4.71. The Bertz CT molecular complexity index is 612. The van der Waals surface area contributed by atoms with Crippen LogP contribution < -0.4 is 0 Å². The molecule has 2 aromatic rings. The molecule has 0 aliphatic carbocycles. The molecule has 0 atom stereocenters. The van der Waals surface area contributed by atoms with Gasteiger partial charge in [-0.1, -0.05) is 23.7 Å². The van der Waals surface area contributed by atoms with Crippen molar-refractivity contribution in [1.29, 1.82) is 0 Å². The second-order valence-electron chi connectivity index (χ2n) is 4.27. The SMILES string of the molecule is O=C(c1ccc2ccc(Cl)cc2n1)N(CCO)CCO. The molecule has 2 N–H and O–H groups in total. The number of aliphatic hydroxyl groups is 2. The normalized spacial score (nSPS) is 10.8. The zero-order valence-electron chi connectivity index (χ0n) is 10.8. The Morgan fingerprint density at radius 2 is 1.80 bits per heavy atom. The van der Waals surface area contributed by atoms with Crippen molar-refractivity contribution in [2.24, 2.45) is 0 Å². The highest BCUT2D eigenvalue weighted by atomic mass is 35.5. The molecule has 0 aliphatic rings. The van der Waals surface area contributed by atoms with Gasteiger partial charge in [-0.15, -0.1) is 0 Å². The average Bonchev–Trinajstić information content (AvgIpc) is 2.45. The van der Waals surface area contributed by atoms with Gasteiger partial charge >= 0.3 is 0 Å². The monoisotopic (exact) mass is 294 g/mol. The highest BCUT2D eigenvalue weighted by Gasteiger charge is 2.16. The summed E-state index contributed by atoms with van der Waals surface area (Å²) in [6.45, 7) is -0.000385. The number of halogens is 1. The number of aliphatic hydroxyl groups excluding tert-OH is 2. The number of hydrogen-bond donors (Lipinski definition) is 2. The van der Waals surface area contributed by atoms with Gasteiger partial charge in [0.15, 0.2) is 0 Å². The lowest BCUT2D eigenvalue weighted by atomic mass is 10.2. The first-order valence-electron chi connectivity index (χ1n) is 6.23. The minimum Gasteiger partial charge on any atom is -0.395 e. The van der Waals surface area contributed by atoms with Crippen LogP contribution in [-0.4, -0.2) is 52.3 Å². The van der Waals surface area contributed by atoms with Crippen LogP contribution in [0.5, 0.6) is 0 Å². The molecule has 106 valence electrons. The minimum absolute atomic E-state index is 0.161. The van der Waals surface area contributed by atoms with Gasteiger partial charge in [0, 0.05) is 23.5 Å². The van der Waals surface area contributed by atoms with Gasteiger partial charge in [0.25, 0.3) is 5.91 Å². The van der Waals surface area contributed by atoms with Crippen molar-refractivity contribution in [2.75, 3.05) is 26.3 Å². The summed E-state index contributed by atoms with van der Waals surface area (Å²) in [5.74, 6) is -0.324. The summed E-state index contributed by atoms with van der Waals surface area (Å²) in [6.07, 6.45) is 0. The molecule has 20 heavy (non-hydrogen) atoms. The van der Waals surface area contributed by atoms with Crippen LogP contribution in [0.4, 0.5) is 0 Å². The van der Waals surface area contributed by atoms with Crippen molar-refractivity contribution in [3.63, 3.8) is 0 Å². The molecule has 0 saturated carbocycles. The van der Waals surface area contributed by atoms with Crippen LogP contribution in [-0.2, 0) is 0 Å². The van der Waals surface area contributed by atoms with Gasteiger partial charge in [0.2, 0.25) is 0 Å². The molecule has 0 aliphatic heterocycles. The third kappa shape index (κ3) is 3.25. The van der Waals surface area contributed by atoms with Gasteiger partial charge in [-0.25, -0.2) is 4.98 Å². The second kappa shape index (κ2) is 6.65. The van der Waals surface area contributed by atoms with Crippen molar-refractivity contribution in [3.8, 4) is 0 Å². The molecule has 0 unspecified atom stereocenters. The third-order valence-corrected chi connectivity index (χ3v) is 3.14. The van der Waals surface area contributed by atoms with Crippen LogP contribution in [0.3, 0.4) is 0 Å². The van der Waals surface area contributed by atoms with Crippen molar-refractivity contribution < 1.29 is 15.0 Å². The molecule has 0 spiro atoms. The van der Waals surface area contributed by atoms with E-state index >= 15 is 0 Å². The molecule has 1 amide bonds. The highest BCUT2D eigenvalue weighted by molar-refractivity contribution is 6.31. The Morgan fingerprint density at radius 3 is 2.45 bits per heavy atom. The summed E-state index contributed by atoms with van der Waals surface area (Å²) in [4.78, 5) is 17.9. The molecule has 1 heterocycles. The maximum Gasteiger partial charge on any atom is 0.272 e. The number of pyridine rings is 1. The molecule has 1 aromatic carbocycles. The van der Waals surface area contributed by atoms with E-state index in [2.05, 4.69) is 4.98 Å². The van der Waals surface area contributed by atoms with E-state index in [1.54, 1.807) is 24.3 Å². The Kier molecular flexibility index (Phi) is 4.89. The van der Waals surface area contributed by atoms with E-state index in [1.807, 2.05) is 6.07 Å². The number of amides is 1. The number of nitrogens with zero attached hydrogens (tertiary/aromatic N) is 2. The summed E-state index contributed by atoms with van der Waals surface area (Å²) in [6, 6.07) is 8.70. The van der Waals surface area contributed by atoms with E-state index in [0.717, 1.165) is 5.39 Å². The van der Waals surface area contributed by atoms with Crippen LogP contribution in [0.2, 0.25) is 5.02 Å². The first-order valence-corrected chi connectivity index (χ1v) is 6.61. The van der Waals surface area contributed by atoms with Crippen LogP contribution in [0, 0.1) is 0 Å². The lowest BCUT2D eigenvalue weighted by molar-refractivity contribution is 0.0679. The van der Waals surface area contributed by atoms with E-state index in [-0.39, 0.29) is 37.9 Å². The number of carbonyl (C=O) groups is 1. The zero-order valence-corrected chi connectivity index (χ0v) is 11.5. The van der Waals surface area contributed by atoms with E-state index in [9.17, 15) is 4.79 Å². The highest BCUT2D eigenvalue weighted by Crippen LogP contribution is 2.18. The van der Waals surface area contributed by atoms with Crippen LogP contribution in [0.1, 0.15) is 10.5 Å². The maximum atomic E-state index is 12.3. The fraction of sp³-hybridized carbons (Fsp3) is 0.286. The summed E-state index contributed by atoms with van der Waals surface area (Å²) in [7, 11) is 0. The van der Waals surface area contributed by atoms with Crippen LogP contribution in [0.15, 0.2) is 30.3 Å². The molecule has 1 aromatic heterocycles. The fourth-order valence-electron chi connectivity index (χ4n) is 1.93. The average molecular weight is 295 g/mol. The van der Waals surface area contributed by atoms with Crippen LogP contribution >= 0.6 is 11.6 Å². The summed E-state index contributed by atoms with van der Waals surface area (Å²) < 4.78 is 0. The Balaban J connectivity index is 2.33. The van der Waals surface area contributed by atoms with Gasteiger partial charge in [0.05, 0.1) is 18.7 Å². The summed E-state index contributed by atoms with van der Waals surface area (Å²) >= 11 is 5.91. The first kappa shape index (κ1) is 14.7. The first-order chi connectivity index (χ1) is 9.65. The number of fused-ring (bicyclic) bond motifs is 1. The van der Waals surface area contributed by atoms with Crippen molar-refractivity contribution >= 4 is 28.4 Å². The number of benzene rings is 1. The Morgan fingerprint density at radius 1 is 1.15 bits per heavy atom. The maximum absolute atomic E-state index is 12.3. The standard InChI is InChI=1S/C14H15ClN2O3/c15-11-3-1-10-2-4-12(16-13(10)9-11)14(20)17(5-7-18)6-8-19/h1-4,9,18-19H,5-8H2. The molecule has 0 saturated heterocycles. The molecule has 0 bridgehead atoms. The van der Waals surface area contributed by atoms with Gasteiger partial charge in [-0.2, -0.15) is 0 Å². The molecule has 6 heteroatoms. The van der Waals surface area contributed by atoms with Crippen molar-refractivity contribution in [3.05, 3.63) is 41.0 Å². The summed E-state index contributed by atoms with van der Waals surface area (Å²) in [5.41, 5.74) is 0.901. The predicted octanol–water partition coefficient (Wildman–Crippen LogP) is 1.31. The third-order valence-electron chi connectivity index (χ3n) is 2.90. The molecule has 5 nitrogen and oxygen atoms in total. The van der Waals surface area contributed by atoms with Gasteiger partial charge in [-0.3, -0.25) is 4.79 Å². The van der Waals surface area contributed by atoms with Crippen LogP contribution in [0.25, 0.3) is 10.9 Å². The quantitative estimate of drug-likeness (QED) is 0.872. The summed E-state index contributed by atoms with van der Waals surface area (Å²) in [5, 5.41) is 19.4. The molecule has 0 radical (unpaired) electrons. The number of rotatable bonds is 5. The largest absolute Gasteiger partial charge is 0.395 e. The zero-order chi connectivity index (χ0) is 14.5. The predicted molar refractivity (Wildman–Crippen MR) is 76.8 cm³/mol. The number of carbonyl (C=O) groups excluding carboxylic acids is 1. The minimum atomic E-state index is -0.324. The lowest BCUT2D eigenvalue weighted by Crippen LogP contribution is -2.36. The topological polar surface area (TPSA) is 73.7 Å². The van der Waals surface area contributed by atoms with E-state index in [4.69, 9.17) is 21.8 Å². The van der Waals surface area contributed by atoms with Gasteiger partial charge < -0.3 is 15.1 Å². The van der Waals surface area contributed by atoms with Crippen molar-refractivity contribution in [2.45, 2.75) is 0 Å². The number of hydrogen-bond acceptors (Lipinski definition) is 4. The lowest BCUT2D eigenvalue weighted by Gasteiger charge is -2.20. The number of aromatic nitrogens is 1. The fourth-order valence-corrected chi connectivity index (χ4v) is 2.09. The van der Waals surface area contributed by atoms with E-state index in [1.165, 1.54) is 4.90 Å². The van der Waals surface area contributed by atoms with Gasteiger partial charge in [0.1, 0.15) is 5.69 Å². The van der Waals surface area contributed by atoms with E-state index < -0.39 is 0 Å². The molecule has 0 fully saturated rings. The van der Waals surface area contributed by atoms with E-state index in [0.29, 0.717) is 10.5 Å². The van der Waals surface area contributed by atoms with Crippen molar-refractivity contribution in [1.82, 2.24) is 9.88 Å². The smallest absolute Gasteiger partial charge is 0.272 e. The molecule has 2 rings (SSSR count). The molecular weight excluding hydrogens is 280 g/mol. The Labute approximate surface area is 121 Å². The molecular formula is C14H15ClN2O3. The Hall–Kier alpha value is -1.69.